The van der Waals surface area contributed by atoms with Crippen molar-refractivity contribution in [2.75, 3.05) is 20.1 Å². The van der Waals surface area contributed by atoms with Gasteiger partial charge in [-0.1, -0.05) is 15.9 Å². The lowest BCUT2D eigenvalue weighted by Gasteiger charge is -2.17. The molecule has 0 spiro atoms. The summed E-state index contributed by atoms with van der Waals surface area (Å²) < 4.78 is 0.744. The first kappa shape index (κ1) is 17.2. The molecule has 120 valence electrons. The molecule has 0 N–H and O–H groups in total. The Morgan fingerprint density at radius 2 is 2.00 bits per heavy atom. The summed E-state index contributed by atoms with van der Waals surface area (Å²) in [5.41, 5.74) is 0.789. The second-order valence-corrected chi connectivity index (χ2v) is 6.19. The number of hydrogen-bond donors (Lipinski definition) is 0. The smallest absolute Gasteiger partial charge is 0.261 e. The molecule has 0 aromatic heterocycles. The molecule has 0 radical (unpaired) electrons. The van der Waals surface area contributed by atoms with Crippen LogP contribution in [0, 0.1) is 11.3 Å². The maximum Gasteiger partial charge on any atom is 0.261 e. The van der Waals surface area contributed by atoms with Crippen LogP contribution in [-0.2, 0) is 4.79 Å². The molecule has 23 heavy (non-hydrogen) atoms. The fraction of sp³-hybridized carbons (Fsp3) is 0.375. The second-order valence-electron chi connectivity index (χ2n) is 5.28. The van der Waals surface area contributed by atoms with E-state index in [0.717, 1.165) is 4.47 Å². The van der Waals surface area contributed by atoms with Crippen LogP contribution in [0.1, 0.15) is 40.0 Å². The molecule has 0 fully saturated rings. The summed E-state index contributed by atoms with van der Waals surface area (Å²) in [7, 11) is 1.64. The highest BCUT2D eigenvalue weighted by Crippen LogP contribution is 2.26. The number of benzene rings is 1. The van der Waals surface area contributed by atoms with Crippen LogP contribution in [0.15, 0.2) is 22.7 Å². The van der Waals surface area contributed by atoms with E-state index < -0.39 is 0 Å². The number of nitriles is 1. The minimum Gasteiger partial charge on any atom is -0.345 e. The predicted molar refractivity (Wildman–Crippen MR) is 86.6 cm³/mol. The van der Waals surface area contributed by atoms with Crippen molar-refractivity contribution in [3.8, 4) is 6.07 Å². The van der Waals surface area contributed by atoms with Crippen LogP contribution in [0.5, 0.6) is 0 Å². The van der Waals surface area contributed by atoms with Crippen molar-refractivity contribution in [3.63, 3.8) is 0 Å². The van der Waals surface area contributed by atoms with E-state index in [-0.39, 0.29) is 37.1 Å². The van der Waals surface area contributed by atoms with Crippen molar-refractivity contribution in [2.24, 2.45) is 0 Å². The van der Waals surface area contributed by atoms with Gasteiger partial charge in [-0.25, -0.2) is 0 Å². The van der Waals surface area contributed by atoms with E-state index in [9.17, 15) is 14.4 Å². The van der Waals surface area contributed by atoms with Crippen LogP contribution in [0.4, 0.5) is 0 Å². The number of rotatable bonds is 6. The summed E-state index contributed by atoms with van der Waals surface area (Å²) in [5, 5.41) is 8.51. The van der Waals surface area contributed by atoms with Crippen molar-refractivity contribution in [1.29, 1.82) is 5.26 Å². The fourth-order valence-corrected chi connectivity index (χ4v) is 2.75. The van der Waals surface area contributed by atoms with Gasteiger partial charge in [0.25, 0.3) is 11.8 Å². The minimum atomic E-state index is -0.323. The zero-order valence-electron chi connectivity index (χ0n) is 12.7. The second kappa shape index (κ2) is 7.38. The van der Waals surface area contributed by atoms with Crippen LogP contribution in [-0.4, -0.2) is 47.7 Å². The number of imide groups is 1. The first-order valence-electron chi connectivity index (χ1n) is 7.22. The predicted octanol–water partition coefficient (Wildman–Crippen LogP) is 2.20. The molecule has 1 aromatic rings. The Morgan fingerprint density at radius 3 is 2.70 bits per heavy atom. The van der Waals surface area contributed by atoms with Crippen molar-refractivity contribution in [1.82, 2.24) is 9.80 Å². The summed E-state index contributed by atoms with van der Waals surface area (Å²) in [6.07, 6.45) is 0.927. The molecule has 1 aromatic carbocycles. The zero-order chi connectivity index (χ0) is 17.0. The molecule has 0 bridgehead atoms. The third-order valence-corrected chi connectivity index (χ3v) is 4.18. The number of hydrogen-bond acceptors (Lipinski definition) is 4. The molecule has 2 rings (SSSR count). The fourth-order valence-electron chi connectivity index (χ4n) is 2.39. The van der Waals surface area contributed by atoms with E-state index in [1.54, 1.807) is 25.2 Å². The molecule has 0 saturated carbocycles. The highest BCUT2D eigenvalue weighted by Gasteiger charge is 2.35. The maximum absolute atomic E-state index is 12.3. The van der Waals surface area contributed by atoms with Crippen LogP contribution < -0.4 is 0 Å². The maximum atomic E-state index is 12.3. The summed E-state index contributed by atoms with van der Waals surface area (Å²) in [6, 6.07) is 6.97. The van der Waals surface area contributed by atoms with E-state index in [2.05, 4.69) is 15.9 Å². The molecule has 1 aliphatic rings. The van der Waals surface area contributed by atoms with E-state index >= 15 is 0 Å². The van der Waals surface area contributed by atoms with Crippen molar-refractivity contribution >= 4 is 33.7 Å². The standard InChI is InChI=1S/C16H16BrN3O3/c1-19(8-3-7-18)14(21)4-2-9-20-15(22)12-6-5-11(17)10-13(12)16(20)23/h5-6,10H,2-4,8-9H2,1H3. The normalized spacial score (nSPS) is 13.0. The molecular weight excluding hydrogens is 362 g/mol. The third kappa shape index (κ3) is 3.77. The van der Waals surface area contributed by atoms with Crippen LogP contribution in [0.3, 0.4) is 0 Å². The Kier molecular flexibility index (Phi) is 5.50. The lowest BCUT2D eigenvalue weighted by Crippen LogP contribution is -2.32. The number of nitrogens with zero attached hydrogens (tertiary/aromatic N) is 3. The molecule has 0 atom stereocenters. The van der Waals surface area contributed by atoms with Gasteiger partial charge in [0, 0.05) is 31.0 Å². The number of carbonyl (C=O) groups excluding carboxylic acids is 3. The Labute approximate surface area is 142 Å². The molecule has 0 saturated heterocycles. The number of carbonyl (C=O) groups is 3. The SMILES string of the molecule is CN(CCC#N)C(=O)CCCN1C(=O)c2ccc(Br)cc2C1=O. The van der Waals surface area contributed by atoms with Gasteiger partial charge in [0.2, 0.25) is 5.91 Å². The largest absolute Gasteiger partial charge is 0.345 e. The summed E-state index contributed by atoms with van der Waals surface area (Å²) >= 11 is 3.29. The Hall–Kier alpha value is -2.20. The molecule has 1 heterocycles. The van der Waals surface area contributed by atoms with E-state index in [1.807, 2.05) is 6.07 Å². The zero-order valence-corrected chi connectivity index (χ0v) is 14.3. The van der Waals surface area contributed by atoms with Crippen molar-refractivity contribution in [2.45, 2.75) is 19.3 Å². The summed E-state index contributed by atoms with van der Waals surface area (Å²) in [6.45, 7) is 0.595. The first-order chi connectivity index (χ1) is 11.0. The number of amides is 3. The Bertz CT molecular complexity index is 696. The molecule has 0 unspecified atom stereocenters. The Morgan fingerprint density at radius 1 is 1.30 bits per heavy atom. The Balaban J connectivity index is 1.91. The minimum absolute atomic E-state index is 0.0976. The van der Waals surface area contributed by atoms with Gasteiger partial charge in [-0.2, -0.15) is 5.26 Å². The topological polar surface area (TPSA) is 81.5 Å². The molecule has 1 aliphatic heterocycles. The molecule has 3 amide bonds. The van der Waals surface area contributed by atoms with Crippen LogP contribution >= 0.6 is 15.9 Å². The lowest BCUT2D eigenvalue weighted by molar-refractivity contribution is -0.130. The summed E-state index contributed by atoms with van der Waals surface area (Å²) in [5.74, 6) is -0.737. The van der Waals surface area contributed by atoms with E-state index in [4.69, 9.17) is 5.26 Å². The molecule has 6 nitrogen and oxygen atoms in total. The van der Waals surface area contributed by atoms with E-state index in [1.165, 1.54) is 9.80 Å². The highest BCUT2D eigenvalue weighted by molar-refractivity contribution is 9.10. The van der Waals surface area contributed by atoms with Gasteiger partial charge < -0.3 is 4.90 Å². The van der Waals surface area contributed by atoms with Crippen molar-refractivity contribution < 1.29 is 14.4 Å². The quantitative estimate of drug-likeness (QED) is 0.711. The summed E-state index contributed by atoms with van der Waals surface area (Å²) in [4.78, 5) is 39.0. The van der Waals surface area contributed by atoms with Gasteiger partial charge in [-0.05, 0) is 24.6 Å². The number of fused-ring (bicyclic) bond motifs is 1. The van der Waals surface area contributed by atoms with Gasteiger partial charge >= 0.3 is 0 Å². The highest BCUT2D eigenvalue weighted by atomic mass is 79.9. The van der Waals surface area contributed by atoms with Gasteiger partial charge in [0.1, 0.15) is 0 Å². The first-order valence-corrected chi connectivity index (χ1v) is 8.01. The third-order valence-electron chi connectivity index (χ3n) is 3.69. The van der Waals surface area contributed by atoms with Gasteiger partial charge in [-0.15, -0.1) is 0 Å². The molecule has 0 aliphatic carbocycles. The monoisotopic (exact) mass is 377 g/mol. The van der Waals surface area contributed by atoms with Gasteiger partial charge in [-0.3, -0.25) is 19.3 Å². The van der Waals surface area contributed by atoms with E-state index in [0.29, 0.717) is 24.1 Å². The molecular formula is C16H16BrN3O3. The average molecular weight is 378 g/mol. The van der Waals surface area contributed by atoms with Crippen molar-refractivity contribution in [3.05, 3.63) is 33.8 Å². The van der Waals surface area contributed by atoms with Gasteiger partial charge in [0.05, 0.1) is 23.6 Å². The van der Waals surface area contributed by atoms with Gasteiger partial charge in [0.15, 0.2) is 0 Å². The molecule has 7 heteroatoms. The number of halogens is 1. The average Bonchev–Trinajstić information content (AvgIpc) is 2.76. The lowest BCUT2D eigenvalue weighted by atomic mass is 10.1. The van der Waals surface area contributed by atoms with Crippen LogP contribution in [0.2, 0.25) is 0 Å². The van der Waals surface area contributed by atoms with Crippen LogP contribution in [0.25, 0.3) is 0 Å².